The number of sulfonamides is 1. The average Bonchev–Trinajstić information content (AvgIpc) is 2.34. The lowest BCUT2D eigenvalue weighted by Gasteiger charge is -2.07. The summed E-state index contributed by atoms with van der Waals surface area (Å²) in [7, 11) is -3.98. The predicted octanol–water partition coefficient (Wildman–Crippen LogP) is 0.00920. The predicted molar refractivity (Wildman–Crippen MR) is 67.0 cm³/mol. The van der Waals surface area contributed by atoms with E-state index in [-0.39, 0.29) is 19.0 Å². The third-order valence-corrected chi connectivity index (χ3v) is 3.65. The lowest BCUT2D eigenvalue weighted by atomic mass is 10.3. The number of rotatable bonds is 6. The van der Waals surface area contributed by atoms with Crippen molar-refractivity contribution >= 4 is 21.6 Å². The van der Waals surface area contributed by atoms with Crippen LogP contribution in [-0.2, 0) is 14.8 Å². The highest BCUT2D eigenvalue weighted by molar-refractivity contribution is 7.89. The molecule has 1 amide bonds. The Balaban J connectivity index is 2.83. The van der Waals surface area contributed by atoms with Gasteiger partial charge in [0.25, 0.3) is 5.69 Å². The summed E-state index contributed by atoms with van der Waals surface area (Å²) in [6.07, 6.45) is 0. The van der Waals surface area contributed by atoms with Crippen LogP contribution in [0, 0.1) is 10.1 Å². The molecule has 104 valence electrons. The van der Waals surface area contributed by atoms with E-state index in [2.05, 4.69) is 10.0 Å². The van der Waals surface area contributed by atoms with Crippen LogP contribution in [-0.4, -0.2) is 32.3 Å². The van der Waals surface area contributed by atoms with E-state index in [0.29, 0.717) is 0 Å². The molecule has 0 unspecified atom stereocenters. The molecule has 0 aliphatic heterocycles. The van der Waals surface area contributed by atoms with Gasteiger partial charge in [0.1, 0.15) is 0 Å². The topological polar surface area (TPSA) is 118 Å². The van der Waals surface area contributed by atoms with Crippen LogP contribution in [0.5, 0.6) is 0 Å². The second-order valence-electron chi connectivity index (χ2n) is 3.61. The van der Waals surface area contributed by atoms with Gasteiger partial charge >= 0.3 is 0 Å². The molecule has 0 aliphatic rings. The Hall–Kier alpha value is -2.00. The molecule has 0 atom stereocenters. The lowest BCUT2D eigenvalue weighted by Crippen LogP contribution is -2.33. The van der Waals surface area contributed by atoms with Crippen molar-refractivity contribution in [3.05, 3.63) is 34.4 Å². The van der Waals surface area contributed by atoms with Gasteiger partial charge < -0.3 is 5.32 Å². The largest absolute Gasteiger partial charge is 0.355 e. The number of carbonyl (C=O) groups excluding carboxylic acids is 1. The fourth-order valence-corrected chi connectivity index (χ4v) is 2.54. The molecule has 9 heteroatoms. The Morgan fingerprint density at radius 3 is 2.53 bits per heavy atom. The Labute approximate surface area is 110 Å². The van der Waals surface area contributed by atoms with Crippen LogP contribution in [0.1, 0.15) is 6.92 Å². The Bertz CT molecular complexity index is 585. The number of carbonyl (C=O) groups is 1. The fourth-order valence-electron chi connectivity index (χ4n) is 1.34. The summed E-state index contributed by atoms with van der Waals surface area (Å²) in [6.45, 7) is 1.36. The van der Waals surface area contributed by atoms with Crippen molar-refractivity contribution in [1.82, 2.24) is 10.0 Å². The smallest absolute Gasteiger partial charge is 0.289 e. The van der Waals surface area contributed by atoms with Gasteiger partial charge in [-0.3, -0.25) is 14.9 Å². The van der Waals surface area contributed by atoms with Crippen LogP contribution in [0.4, 0.5) is 5.69 Å². The summed E-state index contributed by atoms with van der Waals surface area (Å²) in [5, 5.41) is 13.2. The summed E-state index contributed by atoms with van der Waals surface area (Å²) in [4.78, 5) is 20.2. The van der Waals surface area contributed by atoms with E-state index in [1.807, 2.05) is 0 Å². The number of nitro groups is 1. The van der Waals surface area contributed by atoms with Crippen LogP contribution < -0.4 is 10.0 Å². The molecule has 0 spiro atoms. The van der Waals surface area contributed by atoms with Gasteiger partial charge in [-0.15, -0.1) is 0 Å². The third kappa shape index (κ3) is 4.30. The monoisotopic (exact) mass is 287 g/mol. The van der Waals surface area contributed by atoms with Crippen LogP contribution >= 0.6 is 0 Å². The second-order valence-corrected chi connectivity index (χ2v) is 5.34. The molecule has 0 heterocycles. The molecular formula is C10H13N3O5S. The molecule has 2 N–H and O–H groups in total. The fraction of sp³-hybridized carbons (Fsp3) is 0.300. The molecule has 0 fully saturated rings. The van der Waals surface area contributed by atoms with E-state index in [1.165, 1.54) is 19.1 Å². The first kappa shape index (κ1) is 15.1. The lowest BCUT2D eigenvalue weighted by molar-refractivity contribution is -0.387. The van der Waals surface area contributed by atoms with E-state index in [1.54, 1.807) is 0 Å². The first-order chi connectivity index (χ1) is 8.84. The summed E-state index contributed by atoms with van der Waals surface area (Å²) in [5.74, 6) is -0.287. The number of amides is 1. The molecule has 1 aromatic rings. The zero-order valence-electron chi connectivity index (χ0n) is 10.1. The number of hydrogen-bond donors (Lipinski definition) is 2. The van der Waals surface area contributed by atoms with Gasteiger partial charge in [-0.2, -0.15) is 0 Å². The van der Waals surface area contributed by atoms with Gasteiger partial charge in [-0.25, -0.2) is 13.1 Å². The SMILES string of the molecule is CC(=O)NCCNS(=O)(=O)c1ccccc1[N+](=O)[O-]. The van der Waals surface area contributed by atoms with Gasteiger partial charge in [0.2, 0.25) is 15.9 Å². The van der Waals surface area contributed by atoms with Gasteiger partial charge in [0.15, 0.2) is 4.90 Å². The minimum atomic E-state index is -3.98. The van der Waals surface area contributed by atoms with Crippen LogP contribution in [0.2, 0.25) is 0 Å². The van der Waals surface area contributed by atoms with E-state index in [4.69, 9.17) is 0 Å². The van der Waals surface area contributed by atoms with Gasteiger partial charge in [-0.05, 0) is 6.07 Å². The maximum absolute atomic E-state index is 11.9. The molecule has 0 aromatic heterocycles. The molecule has 1 rings (SSSR count). The van der Waals surface area contributed by atoms with Crippen molar-refractivity contribution in [3.8, 4) is 0 Å². The second kappa shape index (κ2) is 6.25. The number of benzene rings is 1. The summed E-state index contributed by atoms with van der Waals surface area (Å²) in [6, 6.07) is 5.05. The quantitative estimate of drug-likeness (QED) is 0.434. The first-order valence-electron chi connectivity index (χ1n) is 5.32. The first-order valence-corrected chi connectivity index (χ1v) is 6.80. The highest BCUT2D eigenvalue weighted by atomic mass is 32.2. The number of hydrogen-bond acceptors (Lipinski definition) is 5. The molecule has 0 radical (unpaired) electrons. The van der Waals surface area contributed by atoms with Crippen LogP contribution in [0.25, 0.3) is 0 Å². The zero-order valence-corrected chi connectivity index (χ0v) is 10.9. The standard InChI is InChI=1S/C10H13N3O5S/c1-8(14)11-6-7-12-19(17,18)10-5-3-2-4-9(10)13(15)16/h2-5,12H,6-7H2,1H3,(H,11,14). The van der Waals surface area contributed by atoms with Crippen LogP contribution in [0.15, 0.2) is 29.2 Å². The number of nitrogens with zero attached hydrogens (tertiary/aromatic N) is 1. The average molecular weight is 287 g/mol. The van der Waals surface area contributed by atoms with Crippen LogP contribution in [0.3, 0.4) is 0 Å². The Morgan fingerprint density at radius 1 is 1.32 bits per heavy atom. The molecule has 19 heavy (non-hydrogen) atoms. The number of para-hydroxylation sites is 1. The summed E-state index contributed by atoms with van der Waals surface area (Å²) >= 11 is 0. The molecular weight excluding hydrogens is 274 g/mol. The van der Waals surface area contributed by atoms with Crippen molar-refractivity contribution in [1.29, 1.82) is 0 Å². The van der Waals surface area contributed by atoms with Crippen molar-refractivity contribution in [2.24, 2.45) is 0 Å². The van der Waals surface area contributed by atoms with Crippen molar-refractivity contribution < 1.29 is 18.1 Å². The minimum Gasteiger partial charge on any atom is -0.355 e. The van der Waals surface area contributed by atoms with E-state index >= 15 is 0 Å². The molecule has 0 saturated heterocycles. The van der Waals surface area contributed by atoms with Crippen molar-refractivity contribution in [2.75, 3.05) is 13.1 Å². The summed E-state index contributed by atoms with van der Waals surface area (Å²) in [5.41, 5.74) is -0.491. The van der Waals surface area contributed by atoms with E-state index in [9.17, 15) is 23.3 Å². The van der Waals surface area contributed by atoms with Gasteiger partial charge in [-0.1, -0.05) is 12.1 Å². The third-order valence-electron chi connectivity index (χ3n) is 2.14. The van der Waals surface area contributed by atoms with E-state index in [0.717, 1.165) is 12.1 Å². The van der Waals surface area contributed by atoms with Gasteiger partial charge in [0.05, 0.1) is 4.92 Å². The Morgan fingerprint density at radius 2 is 1.95 bits per heavy atom. The molecule has 0 bridgehead atoms. The maximum Gasteiger partial charge on any atom is 0.289 e. The summed E-state index contributed by atoms with van der Waals surface area (Å²) < 4.78 is 25.9. The zero-order chi connectivity index (χ0) is 14.5. The van der Waals surface area contributed by atoms with E-state index < -0.39 is 25.5 Å². The number of nitrogens with one attached hydrogen (secondary N) is 2. The normalized spacial score (nSPS) is 11.0. The minimum absolute atomic E-state index is 0.0477. The highest BCUT2D eigenvalue weighted by Crippen LogP contribution is 2.22. The molecule has 1 aromatic carbocycles. The van der Waals surface area contributed by atoms with Gasteiger partial charge in [0, 0.05) is 26.1 Å². The molecule has 0 saturated carbocycles. The maximum atomic E-state index is 11.9. The number of nitro benzene ring substituents is 1. The molecule has 8 nitrogen and oxygen atoms in total. The van der Waals surface area contributed by atoms with Crippen molar-refractivity contribution in [3.63, 3.8) is 0 Å². The van der Waals surface area contributed by atoms with Crippen molar-refractivity contribution in [2.45, 2.75) is 11.8 Å². The highest BCUT2D eigenvalue weighted by Gasteiger charge is 2.24. The Kier molecular flexibility index (Phi) is 4.95. The molecule has 0 aliphatic carbocycles.